The summed E-state index contributed by atoms with van der Waals surface area (Å²) in [6.07, 6.45) is 15.3. The standard InChI is InChI=1S/C18H28/c1-3-4-5-6-7-8-9-10-11-15-18-16-13-12-14-17(18)2/h9-10,12-14,16H,3-8,11,15H2,1-2H3. The van der Waals surface area contributed by atoms with Crippen molar-refractivity contribution in [2.75, 3.05) is 0 Å². The first-order chi connectivity index (χ1) is 8.84. The first-order valence-electron chi connectivity index (χ1n) is 7.54. The molecule has 0 saturated heterocycles. The summed E-state index contributed by atoms with van der Waals surface area (Å²) in [5.41, 5.74) is 2.91. The van der Waals surface area contributed by atoms with Gasteiger partial charge in [-0.05, 0) is 43.7 Å². The average molecular weight is 244 g/mol. The first-order valence-corrected chi connectivity index (χ1v) is 7.54. The molecule has 0 fully saturated rings. The number of aryl methyl sites for hydroxylation is 2. The minimum absolute atomic E-state index is 1.18. The van der Waals surface area contributed by atoms with E-state index in [0.29, 0.717) is 0 Å². The van der Waals surface area contributed by atoms with Crippen molar-refractivity contribution in [3.8, 4) is 0 Å². The van der Waals surface area contributed by atoms with Gasteiger partial charge in [-0.2, -0.15) is 0 Å². The molecule has 0 bridgehead atoms. The summed E-state index contributed by atoms with van der Waals surface area (Å²) in [5.74, 6) is 0. The Kier molecular flexibility index (Phi) is 8.29. The smallest absolute Gasteiger partial charge is 0.0242 e. The molecule has 0 heterocycles. The van der Waals surface area contributed by atoms with Gasteiger partial charge in [0.15, 0.2) is 0 Å². The van der Waals surface area contributed by atoms with E-state index >= 15 is 0 Å². The van der Waals surface area contributed by atoms with Gasteiger partial charge in [0.1, 0.15) is 0 Å². The summed E-state index contributed by atoms with van der Waals surface area (Å²) in [4.78, 5) is 0. The van der Waals surface area contributed by atoms with E-state index in [-0.39, 0.29) is 0 Å². The van der Waals surface area contributed by atoms with Crippen molar-refractivity contribution in [2.24, 2.45) is 0 Å². The predicted octanol–water partition coefficient (Wildman–Crippen LogP) is 5.84. The maximum atomic E-state index is 2.37. The molecule has 1 aromatic carbocycles. The second-order valence-electron chi connectivity index (χ2n) is 5.14. The summed E-state index contributed by atoms with van der Waals surface area (Å²) in [6, 6.07) is 8.70. The Morgan fingerprint density at radius 1 is 0.889 bits per heavy atom. The highest BCUT2D eigenvalue weighted by Crippen LogP contribution is 2.10. The van der Waals surface area contributed by atoms with E-state index in [2.05, 4.69) is 50.3 Å². The zero-order valence-electron chi connectivity index (χ0n) is 12.1. The SMILES string of the molecule is CCCCCCCC=CCCc1ccccc1C. The molecule has 100 valence electrons. The molecule has 0 nitrogen and oxygen atoms in total. The number of allylic oxidation sites excluding steroid dienone is 2. The van der Waals surface area contributed by atoms with Gasteiger partial charge >= 0.3 is 0 Å². The largest absolute Gasteiger partial charge is 0.0885 e. The van der Waals surface area contributed by atoms with Crippen LogP contribution in [0.1, 0.15) is 63.0 Å². The molecule has 0 radical (unpaired) electrons. The van der Waals surface area contributed by atoms with Crippen molar-refractivity contribution in [2.45, 2.75) is 65.2 Å². The summed E-state index contributed by atoms with van der Waals surface area (Å²) >= 11 is 0. The van der Waals surface area contributed by atoms with Gasteiger partial charge in [0, 0.05) is 0 Å². The molecule has 0 aromatic heterocycles. The molecular formula is C18H28. The number of rotatable bonds is 9. The van der Waals surface area contributed by atoms with E-state index in [1.807, 2.05) is 0 Å². The van der Waals surface area contributed by atoms with Crippen molar-refractivity contribution < 1.29 is 0 Å². The molecule has 0 aliphatic carbocycles. The average Bonchev–Trinajstić information content (AvgIpc) is 2.39. The molecule has 0 unspecified atom stereocenters. The molecule has 0 amide bonds. The van der Waals surface area contributed by atoms with Crippen LogP contribution in [0, 0.1) is 6.92 Å². The summed E-state index contributed by atoms with van der Waals surface area (Å²) in [6.45, 7) is 4.47. The van der Waals surface area contributed by atoms with E-state index in [1.165, 1.54) is 62.5 Å². The molecule has 0 aliphatic rings. The first kappa shape index (κ1) is 15.0. The highest BCUT2D eigenvalue weighted by molar-refractivity contribution is 5.25. The topological polar surface area (TPSA) is 0 Å². The van der Waals surface area contributed by atoms with Gasteiger partial charge in [0.05, 0.1) is 0 Å². The Morgan fingerprint density at radius 3 is 2.39 bits per heavy atom. The molecule has 0 spiro atoms. The third-order valence-corrected chi connectivity index (χ3v) is 3.48. The van der Waals surface area contributed by atoms with Crippen LogP contribution in [0.2, 0.25) is 0 Å². The van der Waals surface area contributed by atoms with Gasteiger partial charge in [-0.1, -0.05) is 69.0 Å². The van der Waals surface area contributed by atoms with Crippen molar-refractivity contribution in [1.29, 1.82) is 0 Å². The van der Waals surface area contributed by atoms with E-state index in [0.717, 1.165) is 0 Å². The van der Waals surface area contributed by atoms with Crippen LogP contribution in [0.25, 0.3) is 0 Å². The lowest BCUT2D eigenvalue weighted by atomic mass is 10.0. The highest BCUT2D eigenvalue weighted by Gasteiger charge is 1.94. The van der Waals surface area contributed by atoms with Gasteiger partial charge in [-0.25, -0.2) is 0 Å². The minimum atomic E-state index is 1.18. The van der Waals surface area contributed by atoms with Gasteiger partial charge in [-0.15, -0.1) is 0 Å². The van der Waals surface area contributed by atoms with Gasteiger partial charge in [-0.3, -0.25) is 0 Å². The van der Waals surface area contributed by atoms with Crippen LogP contribution in [0.3, 0.4) is 0 Å². The van der Waals surface area contributed by atoms with Gasteiger partial charge in [0.25, 0.3) is 0 Å². The molecule has 0 atom stereocenters. The third-order valence-electron chi connectivity index (χ3n) is 3.48. The van der Waals surface area contributed by atoms with E-state index in [1.54, 1.807) is 0 Å². The van der Waals surface area contributed by atoms with E-state index in [9.17, 15) is 0 Å². The Morgan fingerprint density at radius 2 is 1.61 bits per heavy atom. The van der Waals surface area contributed by atoms with Crippen LogP contribution in [0.4, 0.5) is 0 Å². The molecule has 0 heteroatoms. The number of hydrogen-bond donors (Lipinski definition) is 0. The normalized spacial score (nSPS) is 11.2. The number of hydrogen-bond acceptors (Lipinski definition) is 0. The van der Waals surface area contributed by atoms with Crippen LogP contribution >= 0.6 is 0 Å². The molecule has 0 N–H and O–H groups in total. The van der Waals surface area contributed by atoms with Gasteiger partial charge < -0.3 is 0 Å². The highest BCUT2D eigenvalue weighted by atomic mass is 14.0. The second-order valence-corrected chi connectivity index (χ2v) is 5.14. The second kappa shape index (κ2) is 9.94. The minimum Gasteiger partial charge on any atom is -0.0885 e. The van der Waals surface area contributed by atoms with Crippen LogP contribution < -0.4 is 0 Å². The van der Waals surface area contributed by atoms with Crippen LogP contribution in [0.5, 0.6) is 0 Å². The summed E-state index contributed by atoms with van der Waals surface area (Å²) < 4.78 is 0. The molecular weight excluding hydrogens is 216 g/mol. The monoisotopic (exact) mass is 244 g/mol. The fraction of sp³-hybridized carbons (Fsp3) is 0.556. The maximum absolute atomic E-state index is 2.37. The molecule has 1 aromatic rings. The van der Waals surface area contributed by atoms with Crippen molar-refractivity contribution in [1.82, 2.24) is 0 Å². The van der Waals surface area contributed by atoms with Crippen LogP contribution in [-0.4, -0.2) is 0 Å². The zero-order valence-corrected chi connectivity index (χ0v) is 12.1. The third kappa shape index (κ3) is 6.64. The lowest BCUT2D eigenvalue weighted by Gasteiger charge is -2.02. The molecule has 1 rings (SSSR count). The Labute approximate surface area is 113 Å². The lowest BCUT2D eigenvalue weighted by Crippen LogP contribution is -1.87. The van der Waals surface area contributed by atoms with Crippen LogP contribution in [-0.2, 0) is 6.42 Å². The Bertz CT molecular complexity index is 336. The zero-order chi connectivity index (χ0) is 13.1. The van der Waals surface area contributed by atoms with Crippen molar-refractivity contribution >= 4 is 0 Å². The van der Waals surface area contributed by atoms with Crippen molar-refractivity contribution in [3.63, 3.8) is 0 Å². The van der Waals surface area contributed by atoms with Crippen LogP contribution in [0.15, 0.2) is 36.4 Å². The fourth-order valence-corrected chi connectivity index (χ4v) is 2.23. The number of unbranched alkanes of at least 4 members (excludes halogenated alkanes) is 5. The molecule has 0 saturated carbocycles. The Hall–Kier alpha value is -1.04. The van der Waals surface area contributed by atoms with Gasteiger partial charge in [0.2, 0.25) is 0 Å². The summed E-state index contributed by atoms with van der Waals surface area (Å²) in [7, 11) is 0. The van der Waals surface area contributed by atoms with E-state index < -0.39 is 0 Å². The molecule has 0 aliphatic heterocycles. The fourth-order valence-electron chi connectivity index (χ4n) is 2.23. The predicted molar refractivity (Wildman–Crippen MR) is 82.0 cm³/mol. The Balaban J connectivity index is 2.05. The van der Waals surface area contributed by atoms with E-state index in [4.69, 9.17) is 0 Å². The van der Waals surface area contributed by atoms with Crippen molar-refractivity contribution in [3.05, 3.63) is 47.5 Å². The summed E-state index contributed by atoms with van der Waals surface area (Å²) in [5, 5.41) is 0. The maximum Gasteiger partial charge on any atom is -0.0242 e. The number of benzene rings is 1. The quantitative estimate of drug-likeness (QED) is 0.378. The lowest BCUT2D eigenvalue weighted by molar-refractivity contribution is 0.637. The molecule has 18 heavy (non-hydrogen) atoms.